The maximum Gasteiger partial charge on any atom is 0.337 e. The summed E-state index contributed by atoms with van der Waals surface area (Å²) < 4.78 is 1.65. The fourth-order valence-electron chi connectivity index (χ4n) is 1.85. The van der Waals surface area contributed by atoms with E-state index in [1.807, 2.05) is 0 Å². The Morgan fingerprint density at radius 2 is 1.95 bits per heavy atom. The highest BCUT2D eigenvalue weighted by Gasteiger charge is 2.22. The van der Waals surface area contributed by atoms with E-state index < -0.39 is 11.4 Å². The summed E-state index contributed by atoms with van der Waals surface area (Å²) in [6.07, 6.45) is 1.55. The Bertz CT molecular complexity index is 695. The van der Waals surface area contributed by atoms with Gasteiger partial charge in [0.1, 0.15) is 0 Å². The van der Waals surface area contributed by atoms with Crippen LogP contribution in [0.15, 0.2) is 18.5 Å². The average molecular weight is 275 g/mol. The van der Waals surface area contributed by atoms with E-state index in [-0.39, 0.29) is 11.5 Å². The van der Waals surface area contributed by atoms with Crippen LogP contribution in [0.2, 0.25) is 0 Å². The zero-order chi connectivity index (χ0) is 15.1. The smallest absolute Gasteiger partial charge is 0.337 e. The van der Waals surface area contributed by atoms with Gasteiger partial charge in [-0.3, -0.25) is 4.79 Å². The Labute approximate surface area is 116 Å². The molecule has 2 aromatic rings. The van der Waals surface area contributed by atoms with E-state index in [0.717, 1.165) is 0 Å². The van der Waals surface area contributed by atoms with Gasteiger partial charge in [0.05, 0.1) is 22.9 Å². The first-order chi connectivity index (χ1) is 9.20. The molecule has 0 aliphatic rings. The maximum atomic E-state index is 12.0. The van der Waals surface area contributed by atoms with Crippen LogP contribution in [0.5, 0.6) is 0 Å². The highest BCUT2D eigenvalue weighted by molar-refractivity contribution is 6.05. The summed E-state index contributed by atoms with van der Waals surface area (Å²) in [6.45, 7) is 5.37. The highest BCUT2D eigenvalue weighted by atomic mass is 16.4. The molecule has 0 aliphatic carbocycles. The first kappa shape index (κ1) is 14.0. The largest absolute Gasteiger partial charge is 0.478 e. The molecule has 0 unspecified atom stereocenters. The fraction of sp³-hybridized carbons (Fsp3) is 0.357. The number of hydrogen-bond acceptors (Lipinski definition) is 3. The lowest BCUT2D eigenvalue weighted by molar-refractivity contribution is -0.123. The van der Waals surface area contributed by atoms with Crippen molar-refractivity contribution in [2.24, 2.45) is 12.5 Å². The van der Waals surface area contributed by atoms with Crippen LogP contribution < -0.4 is 5.32 Å². The first-order valence-corrected chi connectivity index (χ1v) is 6.20. The molecule has 1 amide bonds. The third-order valence-corrected chi connectivity index (χ3v) is 2.98. The molecule has 6 nitrogen and oxygen atoms in total. The van der Waals surface area contributed by atoms with Gasteiger partial charge in [0.25, 0.3) is 0 Å². The van der Waals surface area contributed by atoms with Crippen molar-refractivity contribution < 1.29 is 14.7 Å². The first-order valence-electron chi connectivity index (χ1n) is 6.20. The van der Waals surface area contributed by atoms with Gasteiger partial charge < -0.3 is 15.0 Å². The second kappa shape index (κ2) is 4.63. The lowest BCUT2D eigenvalue weighted by Crippen LogP contribution is -2.27. The molecule has 0 atom stereocenters. The Kier molecular flexibility index (Phi) is 3.25. The second-order valence-corrected chi connectivity index (χ2v) is 5.76. The van der Waals surface area contributed by atoms with Crippen LogP contribution in [-0.2, 0) is 11.8 Å². The zero-order valence-corrected chi connectivity index (χ0v) is 11.9. The van der Waals surface area contributed by atoms with Gasteiger partial charge in [-0.15, -0.1) is 0 Å². The van der Waals surface area contributed by atoms with Gasteiger partial charge in [-0.25, -0.2) is 9.78 Å². The van der Waals surface area contributed by atoms with Crippen molar-refractivity contribution in [1.82, 2.24) is 9.55 Å². The van der Waals surface area contributed by atoms with Crippen LogP contribution in [0.4, 0.5) is 5.69 Å². The van der Waals surface area contributed by atoms with Gasteiger partial charge in [-0.05, 0) is 12.1 Å². The summed E-state index contributed by atoms with van der Waals surface area (Å²) in [7, 11) is 1.73. The molecule has 0 fully saturated rings. The number of benzene rings is 1. The number of aryl methyl sites for hydroxylation is 1. The van der Waals surface area contributed by atoms with Crippen LogP contribution in [-0.4, -0.2) is 26.5 Å². The fourth-order valence-corrected chi connectivity index (χ4v) is 1.85. The molecule has 2 rings (SSSR count). The third-order valence-electron chi connectivity index (χ3n) is 2.98. The van der Waals surface area contributed by atoms with Crippen molar-refractivity contribution in [2.45, 2.75) is 20.8 Å². The standard InChI is InChI=1S/C14H17N3O3/c1-14(2,3)13(20)16-8-5-9(12(18)19)11-10(6-8)15-7-17(11)4/h5-7H,1-4H3,(H,16,20)(H,18,19). The summed E-state index contributed by atoms with van der Waals surface area (Å²) in [5.41, 5.74) is 1.07. The number of hydrogen-bond donors (Lipinski definition) is 2. The summed E-state index contributed by atoms with van der Waals surface area (Å²) in [4.78, 5) is 27.5. The van der Waals surface area contributed by atoms with Crippen molar-refractivity contribution in [1.29, 1.82) is 0 Å². The number of amides is 1. The number of aromatic carboxylic acids is 1. The summed E-state index contributed by atoms with van der Waals surface area (Å²) >= 11 is 0. The van der Waals surface area contributed by atoms with Gasteiger partial charge in [0.2, 0.25) is 5.91 Å². The summed E-state index contributed by atoms with van der Waals surface area (Å²) in [6, 6.07) is 3.13. The number of nitrogens with zero attached hydrogens (tertiary/aromatic N) is 2. The van der Waals surface area contributed by atoms with Crippen LogP contribution in [0.25, 0.3) is 11.0 Å². The molecule has 0 saturated heterocycles. The molecule has 0 bridgehead atoms. The quantitative estimate of drug-likeness (QED) is 0.880. The predicted octanol–water partition coefficient (Wildman–Crippen LogP) is 2.26. The van der Waals surface area contributed by atoms with Crippen LogP contribution in [0, 0.1) is 5.41 Å². The molecule has 1 heterocycles. The number of carbonyl (C=O) groups is 2. The van der Waals surface area contributed by atoms with E-state index in [4.69, 9.17) is 0 Å². The molecule has 2 N–H and O–H groups in total. The lowest BCUT2D eigenvalue weighted by atomic mass is 9.95. The molecule has 0 spiro atoms. The Morgan fingerprint density at radius 1 is 1.30 bits per heavy atom. The molecular formula is C14H17N3O3. The average Bonchev–Trinajstić information content (AvgIpc) is 2.69. The summed E-state index contributed by atoms with van der Waals surface area (Å²) in [5, 5.41) is 12.0. The summed E-state index contributed by atoms with van der Waals surface area (Å²) in [5.74, 6) is -1.23. The number of nitrogens with one attached hydrogen (secondary N) is 1. The van der Waals surface area contributed by atoms with Gasteiger partial charge in [-0.2, -0.15) is 0 Å². The van der Waals surface area contributed by atoms with E-state index in [0.29, 0.717) is 16.7 Å². The van der Waals surface area contributed by atoms with Crippen molar-refractivity contribution in [2.75, 3.05) is 5.32 Å². The molecule has 0 radical (unpaired) electrons. The maximum absolute atomic E-state index is 12.0. The van der Waals surface area contributed by atoms with Gasteiger partial charge in [0, 0.05) is 18.2 Å². The van der Waals surface area contributed by atoms with Gasteiger partial charge in [0.15, 0.2) is 0 Å². The van der Waals surface area contributed by atoms with E-state index in [1.165, 1.54) is 6.07 Å². The molecule has 1 aromatic heterocycles. The minimum atomic E-state index is -1.05. The normalized spacial score (nSPS) is 11.6. The number of carboxylic acid groups (broad SMARTS) is 1. The Balaban J connectivity index is 2.52. The number of rotatable bonds is 2. The topological polar surface area (TPSA) is 84.2 Å². The SMILES string of the molecule is Cn1cnc2cc(NC(=O)C(C)(C)C)cc(C(=O)O)c21. The minimum Gasteiger partial charge on any atom is -0.478 e. The third kappa shape index (κ3) is 2.49. The van der Waals surface area contributed by atoms with Crippen LogP contribution >= 0.6 is 0 Å². The van der Waals surface area contributed by atoms with Crippen molar-refractivity contribution in [3.8, 4) is 0 Å². The van der Waals surface area contributed by atoms with Gasteiger partial charge >= 0.3 is 5.97 Å². The monoisotopic (exact) mass is 275 g/mol. The van der Waals surface area contributed by atoms with E-state index >= 15 is 0 Å². The molecule has 0 saturated carbocycles. The number of carbonyl (C=O) groups excluding carboxylic acids is 1. The predicted molar refractivity (Wildman–Crippen MR) is 75.8 cm³/mol. The van der Waals surface area contributed by atoms with Crippen molar-refractivity contribution >= 4 is 28.6 Å². The van der Waals surface area contributed by atoms with E-state index in [2.05, 4.69) is 10.3 Å². The Morgan fingerprint density at radius 3 is 2.50 bits per heavy atom. The minimum absolute atomic E-state index is 0.117. The number of aromatic nitrogens is 2. The number of carboxylic acids is 1. The van der Waals surface area contributed by atoms with Crippen molar-refractivity contribution in [3.63, 3.8) is 0 Å². The molecule has 0 aliphatic heterocycles. The molecule has 20 heavy (non-hydrogen) atoms. The van der Waals surface area contributed by atoms with Crippen molar-refractivity contribution in [3.05, 3.63) is 24.0 Å². The second-order valence-electron chi connectivity index (χ2n) is 5.76. The van der Waals surface area contributed by atoms with E-state index in [1.54, 1.807) is 44.8 Å². The number of anilines is 1. The van der Waals surface area contributed by atoms with E-state index in [9.17, 15) is 14.7 Å². The molecular weight excluding hydrogens is 258 g/mol. The highest BCUT2D eigenvalue weighted by Crippen LogP contribution is 2.24. The zero-order valence-electron chi connectivity index (χ0n) is 11.9. The molecule has 1 aromatic carbocycles. The molecule has 106 valence electrons. The van der Waals surface area contributed by atoms with Gasteiger partial charge in [-0.1, -0.05) is 20.8 Å². The Hall–Kier alpha value is -2.37. The number of fused-ring (bicyclic) bond motifs is 1. The molecule has 6 heteroatoms. The number of imidazole rings is 1. The van der Waals surface area contributed by atoms with Crippen LogP contribution in [0.1, 0.15) is 31.1 Å². The van der Waals surface area contributed by atoms with Crippen LogP contribution in [0.3, 0.4) is 0 Å². The lowest BCUT2D eigenvalue weighted by Gasteiger charge is -2.18.